The quantitative estimate of drug-likeness (QED) is 0.815. The first-order valence-corrected chi connectivity index (χ1v) is 7.23. The van der Waals surface area contributed by atoms with Crippen molar-refractivity contribution in [2.45, 2.75) is 24.8 Å². The van der Waals surface area contributed by atoms with E-state index in [1.54, 1.807) is 19.1 Å². The average molecular weight is 273 g/mol. The zero-order valence-corrected chi connectivity index (χ0v) is 11.7. The molecule has 1 aromatic carbocycles. The minimum Gasteiger partial charge on any atom is -0.494 e. The molecule has 1 N–H and O–H groups in total. The molecule has 0 spiro atoms. The van der Waals surface area contributed by atoms with Crippen LogP contribution in [0.5, 0.6) is 5.75 Å². The van der Waals surface area contributed by atoms with Crippen molar-refractivity contribution in [3.05, 3.63) is 24.3 Å². The van der Waals surface area contributed by atoms with E-state index < -0.39 is 10.0 Å². The molecule has 0 aromatic heterocycles. The fraction of sp³-hybridized carbons (Fsp3) is 0.500. The Bertz CT molecular complexity index is 455. The number of benzene rings is 1. The van der Waals surface area contributed by atoms with Gasteiger partial charge in [-0.3, -0.25) is 0 Å². The Morgan fingerprint density at radius 1 is 1.28 bits per heavy atom. The summed E-state index contributed by atoms with van der Waals surface area (Å²) in [6.45, 7) is 4.46. The molecule has 18 heavy (non-hydrogen) atoms. The van der Waals surface area contributed by atoms with E-state index in [9.17, 15) is 8.42 Å². The van der Waals surface area contributed by atoms with Crippen LogP contribution in [0.4, 0.5) is 0 Å². The zero-order chi connectivity index (χ0) is 13.6. The molecule has 0 heterocycles. The van der Waals surface area contributed by atoms with Gasteiger partial charge in [0.2, 0.25) is 10.0 Å². The predicted octanol–water partition coefficient (Wildman–Crippen LogP) is 1.40. The lowest BCUT2D eigenvalue weighted by Crippen LogP contribution is -2.31. The lowest BCUT2D eigenvalue weighted by molar-refractivity contribution is 0.122. The molecule has 0 saturated carbocycles. The molecule has 0 amide bonds. The van der Waals surface area contributed by atoms with E-state index in [1.807, 2.05) is 6.92 Å². The van der Waals surface area contributed by atoms with Crippen molar-refractivity contribution >= 4 is 10.0 Å². The van der Waals surface area contributed by atoms with Crippen LogP contribution in [0.2, 0.25) is 0 Å². The Morgan fingerprint density at radius 2 is 1.89 bits per heavy atom. The van der Waals surface area contributed by atoms with Crippen molar-refractivity contribution in [3.8, 4) is 5.75 Å². The van der Waals surface area contributed by atoms with Crippen molar-refractivity contribution in [1.82, 2.24) is 4.72 Å². The molecule has 1 atom stereocenters. The maximum absolute atomic E-state index is 11.9. The Kier molecular flexibility index (Phi) is 5.58. The van der Waals surface area contributed by atoms with Gasteiger partial charge in [0.25, 0.3) is 0 Å². The van der Waals surface area contributed by atoms with Gasteiger partial charge in [0.15, 0.2) is 0 Å². The third kappa shape index (κ3) is 4.29. The minimum atomic E-state index is -3.48. The average Bonchev–Trinajstić information content (AvgIpc) is 2.37. The van der Waals surface area contributed by atoms with E-state index in [1.165, 1.54) is 19.2 Å². The second-order valence-corrected chi connectivity index (χ2v) is 5.57. The molecule has 0 bridgehead atoms. The number of sulfonamides is 1. The Morgan fingerprint density at radius 3 is 2.39 bits per heavy atom. The van der Waals surface area contributed by atoms with Gasteiger partial charge < -0.3 is 9.47 Å². The van der Waals surface area contributed by atoms with Crippen molar-refractivity contribution in [1.29, 1.82) is 0 Å². The van der Waals surface area contributed by atoms with Crippen LogP contribution in [-0.2, 0) is 14.8 Å². The van der Waals surface area contributed by atoms with Crippen LogP contribution < -0.4 is 9.46 Å². The van der Waals surface area contributed by atoms with Crippen LogP contribution in [-0.4, -0.2) is 34.8 Å². The van der Waals surface area contributed by atoms with Crippen molar-refractivity contribution in [3.63, 3.8) is 0 Å². The molecular weight excluding hydrogens is 254 g/mol. The lowest BCUT2D eigenvalue weighted by atomic mass is 10.3. The van der Waals surface area contributed by atoms with Crippen molar-refractivity contribution in [2.24, 2.45) is 0 Å². The molecule has 1 unspecified atom stereocenters. The maximum Gasteiger partial charge on any atom is 0.240 e. The highest BCUT2D eigenvalue weighted by Crippen LogP contribution is 2.15. The third-order valence-corrected chi connectivity index (χ3v) is 3.85. The van der Waals surface area contributed by atoms with Gasteiger partial charge in [0.1, 0.15) is 5.75 Å². The summed E-state index contributed by atoms with van der Waals surface area (Å²) in [6.07, 6.45) is -0.164. The van der Waals surface area contributed by atoms with E-state index in [0.29, 0.717) is 12.4 Å². The van der Waals surface area contributed by atoms with Gasteiger partial charge in [0.05, 0.1) is 17.6 Å². The summed E-state index contributed by atoms with van der Waals surface area (Å²) in [5.74, 6) is 0.654. The van der Waals surface area contributed by atoms with E-state index in [-0.39, 0.29) is 17.5 Å². The number of hydrogen-bond donors (Lipinski definition) is 1. The van der Waals surface area contributed by atoms with Gasteiger partial charge in [-0.25, -0.2) is 13.1 Å². The summed E-state index contributed by atoms with van der Waals surface area (Å²) in [5.41, 5.74) is 0. The molecule has 102 valence electrons. The number of hydrogen-bond acceptors (Lipinski definition) is 4. The topological polar surface area (TPSA) is 64.6 Å². The fourth-order valence-electron chi connectivity index (χ4n) is 1.28. The van der Waals surface area contributed by atoms with Crippen LogP contribution in [0.25, 0.3) is 0 Å². The summed E-state index contributed by atoms with van der Waals surface area (Å²) in [6, 6.07) is 6.31. The first-order valence-electron chi connectivity index (χ1n) is 5.75. The van der Waals surface area contributed by atoms with Crippen LogP contribution in [0.15, 0.2) is 29.2 Å². The normalized spacial score (nSPS) is 13.3. The minimum absolute atomic E-state index is 0.164. The summed E-state index contributed by atoms with van der Waals surface area (Å²) in [7, 11) is -1.95. The highest BCUT2D eigenvalue weighted by Gasteiger charge is 2.14. The Labute approximate surface area is 108 Å². The Hall–Kier alpha value is -1.11. The van der Waals surface area contributed by atoms with Gasteiger partial charge in [-0.15, -0.1) is 0 Å². The molecular formula is C12H19NO4S. The molecule has 0 aliphatic heterocycles. The number of nitrogens with one attached hydrogen (secondary N) is 1. The number of rotatable bonds is 7. The number of ether oxygens (including phenoxy) is 2. The van der Waals surface area contributed by atoms with Crippen LogP contribution in [0.3, 0.4) is 0 Å². The fourth-order valence-corrected chi connectivity index (χ4v) is 2.39. The van der Waals surface area contributed by atoms with Gasteiger partial charge >= 0.3 is 0 Å². The van der Waals surface area contributed by atoms with E-state index in [0.717, 1.165) is 0 Å². The summed E-state index contributed by atoms with van der Waals surface area (Å²) in [5, 5.41) is 0. The van der Waals surface area contributed by atoms with Crippen LogP contribution in [0.1, 0.15) is 13.8 Å². The predicted molar refractivity (Wildman–Crippen MR) is 69.3 cm³/mol. The number of methoxy groups -OCH3 is 1. The van der Waals surface area contributed by atoms with Gasteiger partial charge in [-0.1, -0.05) is 0 Å². The molecule has 1 aromatic rings. The van der Waals surface area contributed by atoms with Gasteiger partial charge in [0, 0.05) is 13.7 Å². The van der Waals surface area contributed by atoms with Crippen LogP contribution in [0, 0.1) is 0 Å². The SMILES string of the molecule is CCOc1ccc(S(=O)(=O)NCC(C)OC)cc1. The van der Waals surface area contributed by atoms with E-state index >= 15 is 0 Å². The lowest BCUT2D eigenvalue weighted by Gasteiger charge is -2.11. The second kappa shape index (κ2) is 6.72. The monoisotopic (exact) mass is 273 g/mol. The second-order valence-electron chi connectivity index (χ2n) is 3.80. The van der Waals surface area contributed by atoms with Gasteiger partial charge in [-0.2, -0.15) is 0 Å². The van der Waals surface area contributed by atoms with Crippen molar-refractivity contribution < 1.29 is 17.9 Å². The molecule has 0 radical (unpaired) electrons. The molecule has 0 fully saturated rings. The largest absolute Gasteiger partial charge is 0.494 e. The molecule has 6 heteroatoms. The first-order chi connectivity index (χ1) is 8.49. The molecule has 5 nitrogen and oxygen atoms in total. The molecule has 0 aliphatic rings. The molecule has 0 aliphatic carbocycles. The van der Waals surface area contributed by atoms with Gasteiger partial charge in [-0.05, 0) is 38.1 Å². The summed E-state index contributed by atoms with van der Waals surface area (Å²) in [4.78, 5) is 0.217. The molecule has 1 rings (SSSR count). The third-order valence-electron chi connectivity index (χ3n) is 2.41. The highest BCUT2D eigenvalue weighted by molar-refractivity contribution is 7.89. The van der Waals surface area contributed by atoms with E-state index in [4.69, 9.17) is 9.47 Å². The molecule has 0 saturated heterocycles. The summed E-state index contributed by atoms with van der Waals surface area (Å²) < 4.78 is 36.6. The van der Waals surface area contributed by atoms with Crippen molar-refractivity contribution in [2.75, 3.05) is 20.3 Å². The standard InChI is InChI=1S/C12H19NO4S/c1-4-17-11-5-7-12(8-6-11)18(14,15)13-9-10(2)16-3/h5-8,10,13H,4,9H2,1-3H3. The first kappa shape index (κ1) is 14.9. The van der Waals surface area contributed by atoms with E-state index in [2.05, 4.69) is 4.72 Å². The maximum atomic E-state index is 11.9. The van der Waals surface area contributed by atoms with Crippen LogP contribution >= 0.6 is 0 Å². The smallest absolute Gasteiger partial charge is 0.240 e. The Balaban J connectivity index is 2.72. The summed E-state index contributed by atoms with van der Waals surface area (Å²) >= 11 is 0. The highest BCUT2D eigenvalue weighted by atomic mass is 32.2. The zero-order valence-electron chi connectivity index (χ0n) is 10.8.